The minimum atomic E-state index is -3.77. The molecule has 0 bridgehead atoms. The summed E-state index contributed by atoms with van der Waals surface area (Å²) in [7, 11) is -3.77. The fraction of sp³-hybridized carbons (Fsp3) is 0.417. The van der Waals surface area contributed by atoms with Crippen molar-refractivity contribution in [2.75, 3.05) is 13.2 Å². The number of sulfone groups is 1. The maximum absolute atomic E-state index is 12.9. The van der Waals surface area contributed by atoms with Crippen LogP contribution in [0.15, 0.2) is 58.3 Å². The first-order chi connectivity index (χ1) is 15.6. The minimum Gasteiger partial charge on any atom is -0.482 e. The maximum Gasteiger partial charge on any atom is 0.344 e. The molecular weight excluding hydrogens is 448 g/mol. The summed E-state index contributed by atoms with van der Waals surface area (Å²) in [5.74, 6) is -0.279. The molecule has 0 saturated carbocycles. The van der Waals surface area contributed by atoms with Gasteiger partial charge in [-0.05, 0) is 75.2 Å². The van der Waals surface area contributed by atoms with Gasteiger partial charge in [0.2, 0.25) is 9.84 Å². The van der Waals surface area contributed by atoms with E-state index in [-0.39, 0.29) is 35.2 Å². The predicted molar refractivity (Wildman–Crippen MR) is 121 cm³/mol. The van der Waals surface area contributed by atoms with Crippen molar-refractivity contribution in [1.29, 1.82) is 0 Å². The Morgan fingerprint density at radius 3 is 1.33 bits per heavy atom. The molecule has 2 aromatic carbocycles. The van der Waals surface area contributed by atoms with E-state index in [0.29, 0.717) is 24.3 Å². The summed E-state index contributed by atoms with van der Waals surface area (Å²) in [6, 6.07) is 11.5. The van der Waals surface area contributed by atoms with Crippen LogP contribution in [0.2, 0.25) is 0 Å². The van der Waals surface area contributed by atoms with Crippen LogP contribution in [-0.4, -0.2) is 45.8 Å². The van der Waals surface area contributed by atoms with E-state index in [0.717, 1.165) is 0 Å². The number of rotatable bonds is 12. The van der Waals surface area contributed by atoms with Gasteiger partial charge >= 0.3 is 11.9 Å². The Morgan fingerprint density at radius 2 is 1.03 bits per heavy atom. The molecule has 0 N–H and O–H groups in total. The summed E-state index contributed by atoms with van der Waals surface area (Å²) in [4.78, 5) is 23.5. The van der Waals surface area contributed by atoms with Crippen molar-refractivity contribution >= 4 is 21.8 Å². The van der Waals surface area contributed by atoms with Crippen LogP contribution in [0.5, 0.6) is 11.5 Å². The standard InChI is InChI=1S/C24H30O8S/c1-5-17(3)31-23(25)15-29-19-7-11-21(12-8-19)33(27,28)22-13-9-20(10-14-22)30-16-24(26)32-18(4)6-2/h7-14,17-18H,5-6,15-16H2,1-4H3/t17-,18-/m1/s1. The first-order valence-corrected chi connectivity index (χ1v) is 12.2. The summed E-state index contributed by atoms with van der Waals surface area (Å²) < 4.78 is 46.7. The number of hydrogen-bond donors (Lipinski definition) is 0. The van der Waals surface area contributed by atoms with Crippen LogP contribution in [0.25, 0.3) is 0 Å². The minimum absolute atomic E-state index is 0.0721. The van der Waals surface area contributed by atoms with Gasteiger partial charge in [-0.3, -0.25) is 0 Å². The van der Waals surface area contributed by atoms with Gasteiger partial charge in [-0.1, -0.05) is 13.8 Å². The van der Waals surface area contributed by atoms with Crippen molar-refractivity contribution in [3.05, 3.63) is 48.5 Å². The largest absolute Gasteiger partial charge is 0.482 e. The SMILES string of the molecule is CC[C@@H](C)OC(=O)COc1ccc(S(=O)(=O)c2ccc(OCC(=O)O[C@H](C)CC)cc2)cc1. The van der Waals surface area contributed by atoms with Gasteiger partial charge in [-0.25, -0.2) is 18.0 Å². The van der Waals surface area contributed by atoms with E-state index < -0.39 is 21.8 Å². The second kappa shape index (κ2) is 12.2. The molecule has 0 aliphatic carbocycles. The number of carbonyl (C=O) groups is 2. The number of esters is 2. The van der Waals surface area contributed by atoms with Crippen LogP contribution < -0.4 is 9.47 Å². The Bertz CT molecular complexity index is 936. The van der Waals surface area contributed by atoms with Crippen molar-refractivity contribution in [3.8, 4) is 11.5 Å². The molecule has 8 nitrogen and oxygen atoms in total. The molecule has 0 fully saturated rings. The number of benzene rings is 2. The van der Waals surface area contributed by atoms with Crippen molar-refractivity contribution in [2.45, 2.75) is 62.5 Å². The average Bonchev–Trinajstić information content (AvgIpc) is 2.81. The van der Waals surface area contributed by atoms with E-state index in [9.17, 15) is 18.0 Å². The van der Waals surface area contributed by atoms with Gasteiger partial charge in [0.25, 0.3) is 0 Å². The monoisotopic (exact) mass is 478 g/mol. The second-order valence-corrected chi connectivity index (χ2v) is 9.39. The average molecular weight is 479 g/mol. The van der Waals surface area contributed by atoms with Crippen LogP contribution in [0.3, 0.4) is 0 Å². The molecule has 180 valence electrons. The van der Waals surface area contributed by atoms with Gasteiger partial charge in [-0.15, -0.1) is 0 Å². The zero-order valence-corrected chi connectivity index (χ0v) is 20.1. The summed E-state index contributed by atoms with van der Waals surface area (Å²) in [5, 5.41) is 0. The molecule has 33 heavy (non-hydrogen) atoms. The van der Waals surface area contributed by atoms with Crippen molar-refractivity contribution in [3.63, 3.8) is 0 Å². The van der Waals surface area contributed by atoms with E-state index in [4.69, 9.17) is 18.9 Å². The van der Waals surface area contributed by atoms with Crippen LogP contribution in [0, 0.1) is 0 Å². The lowest BCUT2D eigenvalue weighted by atomic mass is 10.3. The lowest BCUT2D eigenvalue weighted by molar-refractivity contribution is -0.151. The number of ether oxygens (including phenoxy) is 4. The van der Waals surface area contributed by atoms with Crippen molar-refractivity contribution in [2.24, 2.45) is 0 Å². The normalized spacial score (nSPS) is 13.0. The van der Waals surface area contributed by atoms with Gasteiger partial charge in [0.05, 0.1) is 22.0 Å². The molecule has 0 aliphatic heterocycles. The lowest BCUT2D eigenvalue weighted by Crippen LogP contribution is -2.20. The molecule has 0 unspecified atom stereocenters. The van der Waals surface area contributed by atoms with Crippen LogP contribution in [0.4, 0.5) is 0 Å². The van der Waals surface area contributed by atoms with Crippen LogP contribution in [0.1, 0.15) is 40.5 Å². The predicted octanol–water partition coefficient (Wildman–Crippen LogP) is 3.96. The molecule has 2 rings (SSSR count). The molecule has 2 atom stereocenters. The number of hydrogen-bond acceptors (Lipinski definition) is 8. The summed E-state index contributed by atoms with van der Waals surface area (Å²) >= 11 is 0. The van der Waals surface area contributed by atoms with Gasteiger partial charge in [0, 0.05) is 0 Å². The topological polar surface area (TPSA) is 105 Å². The maximum atomic E-state index is 12.9. The first-order valence-electron chi connectivity index (χ1n) is 10.8. The number of carbonyl (C=O) groups excluding carboxylic acids is 2. The highest BCUT2D eigenvalue weighted by Crippen LogP contribution is 2.25. The molecule has 0 amide bonds. The van der Waals surface area contributed by atoms with Crippen LogP contribution in [-0.2, 0) is 28.9 Å². The van der Waals surface area contributed by atoms with E-state index in [1.54, 1.807) is 13.8 Å². The summed E-state index contributed by atoms with van der Waals surface area (Å²) in [6.07, 6.45) is 1.03. The molecule has 0 radical (unpaired) electrons. The van der Waals surface area contributed by atoms with E-state index in [1.165, 1.54) is 48.5 Å². The fourth-order valence-corrected chi connectivity index (χ4v) is 3.80. The smallest absolute Gasteiger partial charge is 0.344 e. The Kier molecular flexibility index (Phi) is 9.72. The highest BCUT2D eigenvalue weighted by atomic mass is 32.2. The van der Waals surface area contributed by atoms with Crippen molar-refractivity contribution in [1.82, 2.24) is 0 Å². The molecule has 0 aromatic heterocycles. The van der Waals surface area contributed by atoms with E-state index in [2.05, 4.69) is 0 Å². The molecule has 0 spiro atoms. The third-order valence-corrected chi connectivity index (χ3v) is 6.58. The molecule has 0 saturated heterocycles. The van der Waals surface area contributed by atoms with E-state index >= 15 is 0 Å². The first kappa shape index (κ1) is 26.2. The second-order valence-electron chi connectivity index (χ2n) is 7.44. The third-order valence-electron chi connectivity index (χ3n) is 4.80. The van der Waals surface area contributed by atoms with Gasteiger partial charge < -0.3 is 18.9 Å². The quantitative estimate of drug-likeness (QED) is 0.422. The van der Waals surface area contributed by atoms with E-state index in [1.807, 2.05) is 13.8 Å². The Labute approximate surface area is 194 Å². The Balaban J connectivity index is 1.96. The summed E-state index contributed by atoms with van der Waals surface area (Å²) in [6.45, 7) is 6.87. The van der Waals surface area contributed by atoms with Crippen LogP contribution >= 0.6 is 0 Å². The molecule has 0 heterocycles. The Morgan fingerprint density at radius 1 is 0.697 bits per heavy atom. The Hall–Kier alpha value is -3.07. The van der Waals surface area contributed by atoms with Gasteiger partial charge in [0.1, 0.15) is 11.5 Å². The third kappa shape index (κ3) is 8.09. The summed E-state index contributed by atoms with van der Waals surface area (Å²) in [5.41, 5.74) is 0. The fourth-order valence-electron chi connectivity index (χ4n) is 2.53. The molecule has 2 aromatic rings. The lowest BCUT2D eigenvalue weighted by Gasteiger charge is -2.12. The zero-order valence-electron chi connectivity index (χ0n) is 19.3. The molecule has 9 heteroatoms. The van der Waals surface area contributed by atoms with Crippen molar-refractivity contribution < 1.29 is 37.0 Å². The van der Waals surface area contributed by atoms with Gasteiger partial charge in [0.15, 0.2) is 13.2 Å². The zero-order chi connectivity index (χ0) is 24.4. The van der Waals surface area contributed by atoms with Gasteiger partial charge in [-0.2, -0.15) is 0 Å². The molecular formula is C24H30O8S. The highest BCUT2D eigenvalue weighted by Gasteiger charge is 2.18. The highest BCUT2D eigenvalue weighted by molar-refractivity contribution is 7.91. The molecule has 0 aliphatic rings.